The van der Waals surface area contributed by atoms with Crippen LogP contribution in [0.1, 0.15) is 11.1 Å². The van der Waals surface area contributed by atoms with Gasteiger partial charge in [0.05, 0.1) is 25.5 Å². The SMILES string of the molecule is COc1ccc(OC)c(NC(=O)C(=O)NCC2(O)Cc3ccccc3C2)c1. The van der Waals surface area contributed by atoms with E-state index in [1.165, 1.54) is 14.2 Å². The molecule has 7 heteroatoms. The molecule has 7 nitrogen and oxygen atoms in total. The molecule has 1 aliphatic carbocycles. The summed E-state index contributed by atoms with van der Waals surface area (Å²) in [5.41, 5.74) is 1.34. The molecule has 2 amide bonds. The number of nitrogens with one attached hydrogen (secondary N) is 2. The molecule has 0 fully saturated rings. The van der Waals surface area contributed by atoms with Crippen LogP contribution in [0.15, 0.2) is 42.5 Å². The van der Waals surface area contributed by atoms with E-state index in [0.29, 0.717) is 30.0 Å². The fourth-order valence-corrected chi connectivity index (χ4v) is 3.21. The first-order chi connectivity index (χ1) is 12.9. The highest BCUT2D eigenvalue weighted by molar-refractivity contribution is 6.39. The van der Waals surface area contributed by atoms with E-state index < -0.39 is 17.4 Å². The summed E-state index contributed by atoms with van der Waals surface area (Å²) in [5.74, 6) is -0.753. The number of carbonyl (C=O) groups is 2. The smallest absolute Gasteiger partial charge is 0.313 e. The molecule has 0 spiro atoms. The molecule has 0 saturated heterocycles. The Balaban J connectivity index is 1.60. The van der Waals surface area contributed by atoms with Crippen molar-refractivity contribution in [3.05, 3.63) is 53.6 Å². The lowest BCUT2D eigenvalue weighted by atomic mass is 10.0. The first-order valence-corrected chi connectivity index (χ1v) is 8.54. The molecule has 0 aliphatic heterocycles. The van der Waals surface area contributed by atoms with Crippen LogP contribution in [0.3, 0.4) is 0 Å². The predicted molar refractivity (Wildman–Crippen MR) is 100.0 cm³/mol. The Kier molecular flexibility index (Phi) is 5.32. The molecule has 3 rings (SSSR count). The number of aliphatic hydroxyl groups is 1. The molecule has 1 aliphatic rings. The molecule has 2 aromatic rings. The van der Waals surface area contributed by atoms with Gasteiger partial charge in [-0.2, -0.15) is 0 Å². The van der Waals surface area contributed by atoms with Crippen molar-refractivity contribution in [1.29, 1.82) is 0 Å². The van der Waals surface area contributed by atoms with Crippen LogP contribution in [-0.4, -0.2) is 43.3 Å². The van der Waals surface area contributed by atoms with Gasteiger partial charge in [-0.15, -0.1) is 0 Å². The van der Waals surface area contributed by atoms with Crippen LogP contribution in [0.4, 0.5) is 5.69 Å². The van der Waals surface area contributed by atoms with E-state index in [0.717, 1.165) is 11.1 Å². The molecule has 2 aromatic carbocycles. The van der Waals surface area contributed by atoms with Gasteiger partial charge in [-0.3, -0.25) is 9.59 Å². The van der Waals surface area contributed by atoms with E-state index in [-0.39, 0.29) is 6.54 Å². The Morgan fingerprint density at radius 1 is 1.04 bits per heavy atom. The maximum absolute atomic E-state index is 12.2. The van der Waals surface area contributed by atoms with Gasteiger partial charge in [-0.25, -0.2) is 0 Å². The number of anilines is 1. The number of rotatable bonds is 5. The van der Waals surface area contributed by atoms with Gasteiger partial charge in [-0.05, 0) is 23.3 Å². The van der Waals surface area contributed by atoms with E-state index in [1.54, 1.807) is 18.2 Å². The second kappa shape index (κ2) is 7.67. The molecule has 0 unspecified atom stereocenters. The third-order valence-electron chi connectivity index (χ3n) is 4.60. The van der Waals surface area contributed by atoms with E-state index in [2.05, 4.69) is 10.6 Å². The van der Waals surface area contributed by atoms with Gasteiger partial charge in [0.1, 0.15) is 11.5 Å². The predicted octanol–water partition coefficient (Wildman–Crippen LogP) is 1.29. The molecule has 27 heavy (non-hydrogen) atoms. The Hall–Kier alpha value is -3.06. The highest BCUT2D eigenvalue weighted by atomic mass is 16.5. The monoisotopic (exact) mass is 370 g/mol. The minimum absolute atomic E-state index is 0.0107. The van der Waals surface area contributed by atoms with Crippen LogP contribution >= 0.6 is 0 Å². The van der Waals surface area contributed by atoms with Crippen LogP contribution in [-0.2, 0) is 22.4 Å². The first kappa shape index (κ1) is 18.7. The van der Waals surface area contributed by atoms with E-state index in [1.807, 2.05) is 24.3 Å². The molecular weight excluding hydrogens is 348 g/mol. The van der Waals surface area contributed by atoms with Crippen molar-refractivity contribution in [3.8, 4) is 11.5 Å². The number of fused-ring (bicyclic) bond motifs is 1. The summed E-state index contributed by atoms with van der Waals surface area (Å²) >= 11 is 0. The fourth-order valence-electron chi connectivity index (χ4n) is 3.21. The fraction of sp³-hybridized carbons (Fsp3) is 0.300. The summed E-state index contributed by atoms with van der Waals surface area (Å²) in [7, 11) is 2.96. The lowest BCUT2D eigenvalue weighted by molar-refractivity contribution is -0.136. The lowest BCUT2D eigenvalue weighted by Crippen LogP contribution is -2.46. The van der Waals surface area contributed by atoms with E-state index >= 15 is 0 Å². The van der Waals surface area contributed by atoms with Crippen molar-refractivity contribution in [2.24, 2.45) is 0 Å². The normalized spacial score (nSPS) is 14.2. The van der Waals surface area contributed by atoms with E-state index in [4.69, 9.17) is 9.47 Å². The van der Waals surface area contributed by atoms with Crippen LogP contribution in [0.2, 0.25) is 0 Å². The molecule has 3 N–H and O–H groups in total. The largest absolute Gasteiger partial charge is 0.497 e. The quantitative estimate of drug-likeness (QED) is 0.689. The van der Waals surface area contributed by atoms with Gasteiger partial charge in [0.15, 0.2) is 0 Å². The molecular formula is C20H22N2O5. The molecule has 0 saturated carbocycles. The number of benzene rings is 2. The second-order valence-corrected chi connectivity index (χ2v) is 6.55. The Morgan fingerprint density at radius 3 is 2.30 bits per heavy atom. The number of methoxy groups -OCH3 is 2. The van der Waals surface area contributed by atoms with Crippen molar-refractivity contribution < 1.29 is 24.2 Å². The number of amides is 2. The zero-order valence-electron chi connectivity index (χ0n) is 15.2. The van der Waals surface area contributed by atoms with Crippen molar-refractivity contribution in [1.82, 2.24) is 5.32 Å². The zero-order chi connectivity index (χ0) is 19.4. The van der Waals surface area contributed by atoms with Gasteiger partial charge < -0.3 is 25.2 Å². The van der Waals surface area contributed by atoms with Crippen molar-refractivity contribution in [3.63, 3.8) is 0 Å². The average Bonchev–Trinajstić information content (AvgIpc) is 3.02. The standard InChI is InChI=1S/C20H22N2O5/c1-26-15-7-8-17(27-2)16(9-15)22-19(24)18(23)21-12-20(25)10-13-5-3-4-6-14(13)11-20/h3-9,25H,10-12H2,1-2H3,(H,21,23)(H,22,24). The van der Waals surface area contributed by atoms with Crippen molar-refractivity contribution in [2.75, 3.05) is 26.1 Å². The minimum atomic E-state index is -1.09. The topological polar surface area (TPSA) is 96.9 Å². The summed E-state index contributed by atoms with van der Waals surface area (Å²) in [4.78, 5) is 24.4. The van der Waals surface area contributed by atoms with Crippen molar-refractivity contribution >= 4 is 17.5 Å². The summed E-state index contributed by atoms with van der Waals surface area (Å²) in [5, 5.41) is 15.7. The molecule has 0 heterocycles. The van der Waals surface area contributed by atoms with Gasteiger partial charge >= 0.3 is 11.8 Å². The Morgan fingerprint density at radius 2 is 1.70 bits per heavy atom. The number of hydrogen-bond acceptors (Lipinski definition) is 5. The first-order valence-electron chi connectivity index (χ1n) is 8.54. The maximum Gasteiger partial charge on any atom is 0.313 e. The van der Waals surface area contributed by atoms with Gasteiger partial charge in [0.2, 0.25) is 0 Å². The Labute approximate surface area is 157 Å². The molecule has 0 radical (unpaired) electrons. The molecule has 0 atom stereocenters. The number of ether oxygens (including phenoxy) is 2. The summed E-state index contributed by atoms with van der Waals surface area (Å²) in [6, 6.07) is 12.6. The highest BCUT2D eigenvalue weighted by Crippen LogP contribution is 2.30. The Bertz CT molecular complexity index is 840. The summed E-state index contributed by atoms with van der Waals surface area (Å²) in [6.45, 7) is -0.0107. The van der Waals surface area contributed by atoms with Crippen LogP contribution in [0.25, 0.3) is 0 Å². The summed E-state index contributed by atoms with van der Waals surface area (Å²) in [6.07, 6.45) is 0.879. The van der Waals surface area contributed by atoms with Gasteiger partial charge in [-0.1, -0.05) is 24.3 Å². The second-order valence-electron chi connectivity index (χ2n) is 6.55. The van der Waals surface area contributed by atoms with Gasteiger partial charge in [0, 0.05) is 25.5 Å². The average molecular weight is 370 g/mol. The van der Waals surface area contributed by atoms with Gasteiger partial charge in [0.25, 0.3) is 0 Å². The minimum Gasteiger partial charge on any atom is -0.497 e. The highest BCUT2D eigenvalue weighted by Gasteiger charge is 2.35. The third-order valence-corrected chi connectivity index (χ3v) is 4.60. The molecule has 0 bridgehead atoms. The lowest BCUT2D eigenvalue weighted by Gasteiger charge is -2.22. The third kappa shape index (κ3) is 4.20. The van der Waals surface area contributed by atoms with E-state index in [9.17, 15) is 14.7 Å². The number of hydrogen-bond donors (Lipinski definition) is 3. The summed E-state index contributed by atoms with van der Waals surface area (Å²) < 4.78 is 10.3. The van der Waals surface area contributed by atoms with Crippen molar-refractivity contribution in [2.45, 2.75) is 18.4 Å². The van der Waals surface area contributed by atoms with Crippen LogP contribution < -0.4 is 20.1 Å². The molecule has 142 valence electrons. The zero-order valence-corrected chi connectivity index (χ0v) is 15.2. The van der Waals surface area contributed by atoms with Crippen LogP contribution in [0, 0.1) is 0 Å². The molecule has 0 aromatic heterocycles. The maximum atomic E-state index is 12.2. The number of carbonyl (C=O) groups excluding carboxylic acids is 2. The van der Waals surface area contributed by atoms with Crippen LogP contribution in [0.5, 0.6) is 11.5 Å².